The summed E-state index contributed by atoms with van der Waals surface area (Å²) in [6.45, 7) is -6.00. The smallest absolute Gasteiger partial charge is 0.432 e. The lowest BCUT2D eigenvalue weighted by Crippen LogP contribution is -2.61. The van der Waals surface area contributed by atoms with Gasteiger partial charge in [-0.15, -0.1) is 0 Å². The van der Waals surface area contributed by atoms with Gasteiger partial charge in [-0.1, -0.05) is 48.5 Å². The summed E-state index contributed by atoms with van der Waals surface area (Å²) in [4.78, 5) is 2.08. The Morgan fingerprint density at radius 2 is 1.03 bits per heavy atom. The molecule has 0 amide bonds. The first-order chi connectivity index (χ1) is 15.7. The fourth-order valence-corrected chi connectivity index (χ4v) is 3.29. The van der Waals surface area contributed by atoms with Crippen LogP contribution in [0.2, 0.25) is 0 Å². The number of alkyl halides is 3. The van der Waals surface area contributed by atoms with Crippen LogP contribution in [-0.2, 0) is 0 Å². The summed E-state index contributed by atoms with van der Waals surface area (Å²) >= 11 is 0. The van der Waals surface area contributed by atoms with Gasteiger partial charge >= 0.3 is 13.0 Å². The number of halogens is 5. The van der Waals surface area contributed by atoms with Gasteiger partial charge in [-0.05, 0) is 52.3 Å². The van der Waals surface area contributed by atoms with Gasteiger partial charge in [-0.2, -0.15) is 0 Å². The first-order valence-corrected chi connectivity index (χ1v) is 10.0. The zero-order valence-corrected chi connectivity index (χ0v) is 17.2. The summed E-state index contributed by atoms with van der Waals surface area (Å²) in [6.07, 6.45) is -3.71. The summed E-state index contributed by atoms with van der Waals surface area (Å²) < 4.78 is 67.5. The molecule has 0 aliphatic heterocycles. The highest BCUT2D eigenvalue weighted by atomic mass is 19.4. The van der Waals surface area contributed by atoms with Gasteiger partial charge in [-0.3, -0.25) is 0 Å². The molecule has 0 radical (unpaired) electrons. The van der Waals surface area contributed by atoms with Crippen LogP contribution in [0.1, 0.15) is 0 Å². The van der Waals surface area contributed by atoms with E-state index < -0.39 is 13.0 Å². The van der Waals surface area contributed by atoms with Crippen molar-refractivity contribution in [3.05, 3.63) is 109 Å². The zero-order chi connectivity index (χ0) is 23.5. The summed E-state index contributed by atoms with van der Waals surface area (Å²) in [6, 6.07) is 30.0. The van der Waals surface area contributed by atoms with Crippen LogP contribution in [-0.4, -0.2) is 13.0 Å². The number of benzene rings is 3. The van der Waals surface area contributed by atoms with Gasteiger partial charge in [0.2, 0.25) is 12.4 Å². The Morgan fingerprint density at radius 3 is 1.48 bits per heavy atom. The molecule has 9 heteroatoms. The van der Waals surface area contributed by atoms with Crippen LogP contribution in [0.3, 0.4) is 0 Å². The van der Waals surface area contributed by atoms with Gasteiger partial charge in [-0.25, -0.2) is 13.2 Å². The maximum atomic E-state index is 13.1. The lowest BCUT2D eigenvalue weighted by molar-refractivity contribution is -0.868. The van der Waals surface area contributed by atoms with Crippen LogP contribution >= 0.6 is 0 Å². The molecule has 0 unspecified atom stereocenters. The number of hydrogen-bond donors (Lipinski definition) is 0. The molecule has 0 aliphatic rings. The van der Waals surface area contributed by atoms with Gasteiger partial charge in [0.25, 0.3) is 0 Å². The van der Waals surface area contributed by atoms with Gasteiger partial charge in [0, 0.05) is 29.2 Å². The highest BCUT2D eigenvalue weighted by molar-refractivity contribution is 6.61. The molecule has 0 aliphatic carbocycles. The van der Waals surface area contributed by atoms with Crippen molar-refractivity contribution in [2.24, 2.45) is 0 Å². The molecule has 0 bridgehead atoms. The normalized spacial score (nSPS) is 11.8. The fourth-order valence-electron chi connectivity index (χ4n) is 3.29. The predicted octanol–water partition coefficient (Wildman–Crippen LogP) is 6.52. The van der Waals surface area contributed by atoms with E-state index in [1.807, 2.05) is 84.9 Å². The summed E-state index contributed by atoms with van der Waals surface area (Å²) in [5.74, 6) is 0. The Hall–Kier alpha value is -3.88. The van der Waals surface area contributed by atoms with Crippen LogP contribution in [0.4, 0.5) is 38.9 Å². The molecule has 1 heterocycles. The third-order valence-electron chi connectivity index (χ3n) is 4.92. The minimum atomic E-state index is -6.00. The second-order valence-corrected chi connectivity index (χ2v) is 7.24. The lowest BCUT2D eigenvalue weighted by atomic mass is 9.87. The maximum Gasteiger partial charge on any atom is 0.658 e. The number of anilines is 3. The van der Waals surface area contributed by atoms with Crippen molar-refractivity contribution >= 4 is 24.0 Å². The third kappa shape index (κ3) is 4.97. The third-order valence-corrected chi connectivity index (χ3v) is 4.92. The minimum Gasteiger partial charge on any atom is -0.432 e. The average molecular weight is 456 g/mol. The van der Waals surface area contributed by atoms with Crippen LogP contribution in [0, 0.1) is 0 Å². The molecule has 0 spiro atoms. The van der Waals surface area contributed by atoms with Crippen molar-refractivity contribution < 1.29 is 31.3 Å². The Balaban J connectivity index is 1.59. The number of para-hydroxylation sites is 2. The molecular weight excluding hydrogens is 438 g/mol. The van der Waals surface area contributed by atoms with Crippen molar-refractivity contribution in [2.75, 3.05) is 4.90 Å². The van der Waals surface area contributed by atoms with E-state index in [4.69, 9.17) is 0 Å². The van der Waals surface area contributed by atoms with Crippen LogP contribution < -0.4 is 14.4 Å². The standard InChI is InChI=1S/C24H18BF5N2O/c26-24(27,28)25(29,30)33-31-17-15-20(16-18-31)19-11-13-23(14-12-19)32(21-7-3-1-4-8-21)22-9-5-2-6-10-22/h1-18H. The molecule has 0 saturated heterocycles. The molecule has 0 saturated carbocycles. The number of rotatable bonds is 6. The average Bonchev–Trinajstić information content (AvgIpc) is 2.81. The molecule has 3 aromatic carbocycles. The highest BCUT2D eigenvalue weighted by Gasteiger charge is 2.60. The largest absolute Gasteiger partial charge is 0.658 e. The quantitative estimate of drug-likeness (QED) is 0.187. The number of hydrogen-bond acceptors (Lipinski definition) is 2. The molecule has 4 rings (SSSR count). The van der Waals surface area contributed by atoms with Crippen molar-refractivity contribution in [1.82, 2.24) is 0 Å². The number of pyridine rings is 1. The molecule has 1 aromatic heterocycles. The highest BCUT2D eigenvalue weighted by Crippen LogP contribution is 2.35. The van der Waals surface area contributed by atoms with Gasteiger partial charge < -0.3 is 18.3 Å². The number of nitrogens with zero attached hydrogens (tertiary/aromatic N) is 2. The van der Waals surface area contributed by atoms with E-state index >= 15 is 0 Å². The number of aromatic nitrogens is 1. The molecular formula is C24H18BF5N2O. The Labute approximate surface area is 187 Å². The Bertz CT molecular complexity index is 1150. The van der Waals surface area contributed by atoms with E-state index in [9.17, 15) is 21.8 Å². The van der Waals surface area contributed by atoms with Gasteiger partial charge in [0.1, 0.15) is 0 Å². The van der Waals surface area contributed by atoms with E-state index in [-0.39, 0.29) is 0 Å². The molecule has 4 aromatic rings. The van der Waals surface area contributed by atoms with Crippen LogP contribution in [0.25, 0.3) is 11.1 Å². The first kappa shape index (κ1) is 22.3. The Morgan fingerprint density at radius 1 is 0.606 bits per heavy atom. The van der Waals surface area contributed by atoms with Crippen molar-refractivity contribution in [2.45, 2.75) is 6.08 Å². The van der Waals surface area contributed by atoms with Crippen LogP contribution in [0.5, 0.6) is 0 Å². The molecule has 0 N–H and O–H groups in total. The summed E-state index contributed by atoms with van der Waals surface area (Å²) in [7, 11) is 0. The van der Waals surface area contributed by atoms with E-state index in [1.165, 1.54) is 12.1 Å². The van der Waals surface area contributed by atoms with Gasteiger partial charge in [0.05, 0.1) is 0 Å². The van der Waals surface area contributed by atoms with Crippen molar-refractivity contribution in [1.29, 1.82) is 0 Å². The van der Waals surface area contributed by atoms with Gasteiger partial charge in [0.15, 0.2) is 0 Å². The predicted molar refractivity (Wildman–Crippen MR) is 117 cm³/mol. The molecule has 0 fully saturated rings. The second-order valence-electron chi connectivity index (χ2n) is 7.24. The minimum absolute atomic E-state index is 0.359. The topological polar surface area (TPSA) is 16.4 Å². The molecule has 0 atom stereocenters. The molecule has 33 heavy (non-hydrogen) atoms. The van der Waals surface area contributed by atoms with Crippen molar-refractivity contribution in [3.8, 4) is 11.1 Å². The van der Waals surface area contributed by atoms with E-state index in [2.05, 4.69) is 9.65 Å². The molecule has 3 nitrogen and oxygen atoms in total. The lowest BCUT2D eigenvalue weighted by Gasteiger charge is -2.25. The summed E-state index contributed by atoms with van der Waals surface area (Å²) in [5, 5.41) is 0. The second kappa shape index (κ2) is 8.93. The van der Waals surface area contributed by atoms with E-state index in [0.29, 0.717) is 10.3 Å². The van der Waals surface area contributed by atoms with Crippen molar-refractivity contribution in [3.63, 3.8) is 0 Å². The molecule has 168 valence electrons. The zero-order valence-electron chi connectivity index (χ0n) is 17.2. The first-order valence-electron chi connectivity index (χ1n) is 10.0. The van der Waals surface area contributed by atoms with E-state index in [1.54, 1.807) is 0 Å². The maximum absolute atomic E-state index is 13.1. The summed E-state index contributed by atoms with van der Waals surface area (Å²) in [5.41, 5.74) is 4.25. The SMILES string of the molecule is F[B-](F)(O[n+]1ccc(-c2ccc(N(c3ccccc3)c3ccccc3)cc2)cc1)C(F)(F)F. The van der Waals surface area contributed by atoms with Crippen LogP contribution in [0.15, 0.2) is 109 Å². The monoisotopic (exact) mass is 456 g/mol. The fraction of sp³-hybridized carbons (Fsp3) is 0.0417. The van der Waals surface area contributed by atoms with E-state index in [0.717, 1.165) is 35.0 Å². The Kier molecular flexibility index (Phi) is 6.04.